The smallest absolute Gasteiger partial charge is 0.125 e. The first-order valence-corrected chi connectivity index (χ1v) is 8.39. The number of aliphatic hydroxyl groups is 1. The predicted molar refractivity (Wildman–Crippen MR) is 92.3 cm³/mol. The molecule has 2 aromatic rings. The van der Waals surface area contributed by atoms with E-state index in [4.69, 9.17) is 15.6 Å². The molecule has 0 spiro atoms. The Morgan fingerprint density at radius 1 is 1.17 bits per heavy atom. The van der Waals surface area contributed by atoms with Crippen LogP contribution >= 0.6 is 0 Å². The van der Waals surface area contributed by atoms with Gasteiger partial charge in [-0.3, -0.25) is 0 Å². The quantitative estimate of drug-likeness (QED) is 0.586. The molecule has 0 fully saturated rings. The Bertz CT molecular complexity index is 566. The second-order valence-electron chi connectivity index (χ2n) is 5.76. The minimum absolute atomic E-state index is 0.127. The van der Waals surface area contributed by atoms with Crippen molar-refractivity contribution in [3.8, 4) is 17.0 Å². The summed E-state index contributed by atoms with van der Waals surface area (Å²) in [6, 6.07) is 7.45. The van der Waals surface area contributed by atoms with Gasteiger partial charge in [0.2, 0.25) is 0 Å². The summed E-state index contributed by atoms with van der Waals surface area (Å²) in [5.41, 5.74) is 7.65. The maximum atomic E-state index is 9.05. The number of nitrogens with zero attached hydrogens (tertiary/aromatic N) is 1. The lowest BCUT2D eigenvalue weighted by Gasteiger charge is -2.07. The molecule has 4 N–H and O–H groups in total. The van der Waals surface area contributed by atoms with E-state index in [0.29, 0.717) is 5.82 Å². The largest absolute Gasteiger partial charge is 0.494 e. The number of aromatic nitrogens is 2. The molecule has 0 bridgehead atoms. The maximum absolute atomic E-state index is 9.05. The van der Waals surface area contributed by atoms with Gasteiger partial charge in [0.25, 0.3) is 0 Å². The lowest BCUT2D eigenvalue weighted by Crippen LogP contribution is -2.15. The zero-order valence-electron chi connectivity index (χ0n) is 13.8. The molecule has 1 atom stereocenters. The third-order valence-corrected chi connectivity index (χ3v) is 3.83. The van der Waals surface area contributed by atoms with E-state index in [-0.39, 0.29) is 6.61 Å². The van der Waals surface area contributed by atoms with E-state index in [1.807, 2.05) is 24.3 Å². The Morgan fingerprint density at radius 2 is 1.91 bits per heavy atom. The van der Waals surface area contributed by atoms with E-state index in [1.165, 1.54) is 25.7 Å². The highest BCUT2D eigenvalue weighted by Gasteiger charge is 2.09. The van der Waals surface area contributed by atoms with Gasteiger partial charge in [-0.2, -0.15) is 0 Å². The molecule has 0 aliphatic rings. The number of imidazole rings is 1. The highest BCUT2D eigenvalue weighted by Crippen LogP contribution is 2.22. The number of H-pyrrole nitrogens is 1. The Balaban J connectivity index is 1.83. The van der Waals surface area contributed by atoms with Crippen LogP contribution in [0.25, 0.3) is 11.3 Å². The second kappa shape index (κ2) is 9.33. The topological polar surface area (TPSA) is 84.2 Å². The minimum Gasteiger partial charge on any atom is -0.494 e. The zero-order chi connectivity index (χ0) is 16.5. The molecule has 0 saturated heterocycles. The third-order valence-electron chi connectivity index (χ3n) is 3.83. The van der Waals surface area contributed by atoms with Crippen molar-refractivity contribution in [2.45, 2.75) is 45.1 Å². The van der Waals surface area contributed by atoms with Gasteiger partial charge >= 0.3 is 0 Å². The van der Waals surface area contributed by atoms with Crippen LogP contribution in [-0.2, 0) is 0 Å². The van der Waals surface area contributed by atoms with Crippen molar-refractivity contribution in [1.82, 2.24) is 9.97 Å². The molecule has 126 valence electrons. The number of benzene rings is 1. The molecule has 1 aromatic heterocycles. The molecule has 23 heavy (non-hydrogen) atoms. The molecule has 2 rings (SSSR count). The first-order chi connectivity index (χ1) is 11.2. The number of hydrogen-bond acceptors (Lipinski definition) is 4. The maximum Gasteiger partial charge on any atom is 0.125 e. The van der Waals surface area contributed by atoms with Crippen LogP contribution in [0.5, 0.6) is 5.75 Å². The van der Waals surface area contributed by atoms with Crippen molar-refractivity contribution in [2.24, 2.45) is 5.73 Å². The Hall–Kier alpha value is -1.85. The molecule has 0 aliphatic carbocycles. The van der Waals surface area contributed by atoms with E-state index < -0.39 is 6.04 Å². The first-order valence-electron chi connectivity index (χ1n) is 8.39. The molecule has 5 nitrogen and oxygen atoms in total. The summed E-state index contributed by atoms with van der Waals surface area (Å²) in [6.07, 6.45) is 7.92. The molecular weight excluding hydrogens is 290 g/mol. The summed E-state index contributed by atoms with van der Waals surface area (Å²) in [4.78, 5) is 7.33. The fourth-order valence-electron chi connectivity index (χ4n) is 2.38. The number of aromatic amines is 1. The van der Waals surface area contributed by atoms with Gasteiger partial charge in [0, 0.05) is 0 Å². The van der Waals surface area contributed by atoms with Gasteiger partial charge in [0.15, 0.2) is 0 Å². The van der Waals surface area contributed by atoms with Gasteiger partial charge in [0.05, 0.1) is 31.1 Å². The van der Waals surface area contributed by atoms with Gasteiger partial charge < -0.3 is 20.6 Å². The normalized spacial score (nSPS) is 12.3. The van der Waals surface area contributed by atoms with Crippen LogP contribution in [-0.4, -0.2) is 28.3 Å². The van der Waals surface area contributed by atoms with Crippen molar-refractivity contribution in [2.75, 3.05) is 13.2 Å². The molecule has 1 aromatic carbocycles. The Morgan fingerprint density at radius 3 is 2.61 bits per heavy atom. The number of nitrogens with one attached hydrogen (secondary N) is 1. The van der Waals surface area contributed by atoms with Crippen molar-refractivity contribution in [3.05, 3.63) is 36.3 Å². The van der Waals surface area contributed by atoms with Crippen LogP contribution in [0.1, 0.15) is 50.9 Å². The van der Waals surface area contributed by atoms with Crippen LogP contribution in [0.15, 0.2) is 30.5 Å². The number of rotatable bonds is 10. The van der Waals surface area contributed by atoms with E-state index in [1.54, 1.807) is 6.20 Å². The first kappa shape index (κ1) is 17.5. The molecular formula is C18H27N3O2. The molecule has 0 saturated carbocycles. The second-order valence-corrected chi connectivity index (χ2v) is 5.76. The highest BCUT2D eigenvalue weighted by atomic mass is 16.5. The van der Waals surface area contributed by atoms with Crippen molar-refractivity contribution < 1.29 is 9.84 Å². The highest BCUT2D eigenvalue weighted by molar-refractivity contribution is 5.59. The number of nitrogens with two attached hydrogens (primary N) is 1. The summed E-state index contributed by atoms with van der Waals surface area (Å²) < 4.78 is 5.76. The lowest BCUT2D eigenvalue weighted by molar-refractivity contribution is 0.264. The third kappa shape index (κ3) is 5.37. The average Bonchev–Trinajstić information content (AvgIpc) is 3.08. The summed E-state index contributed by atoms with van der Waals surface area (Å²) in [7, 11) is 0. The molecule has 5 heteroatoms. The summed E-state index contributed by atoms with van der Waals surface area (Å²) in [6.45, 7) is 2.86. The average molecular weight is 317 g/mol. The van der Waals surface area contributed by atoms with Crippen LogP contribution in [0.4, 0.5) is 0 Å². The monoisotopic (exact) mass is 317 g/mol. The molecule has 1 heterocycles. The summed E-state index contributed by atoms with van der Waals surface area (Å²) in [5, 5.41) is 9.05. The van der Waals surface area contributed by atoms with Crippen LogP contribution in [0.3, 0.4) is 0 Å². The van der Waals surface area contributed by atoms with Crippen molar-refractivity contribution in [1.29, 1.82) is 0 Å². The molecule has 0 aliphatic heterocycles. The molecule has 0 amide bonds. The number of aliphatic hydroxyl groups excluding tert-OH is 1. The van der Waals surface area contributed by atoms with E-state index in [2.05, 4.69) is 16.9 Å². The zero-order valence-corrected chi connectivity index (χ0v) is 13.8. The Kier molecular flexibility index (Phi) is 7.10. The van der Waals surface area contributed by atoms with Crippen LogP contribution < -0.4 is 10.5 Å². The summed E-state index contributed by atoms with van der Waals surface area (Å²) >= 11 is 0. The van der Waals surface area contributed by atoms with E-state index in [9.17, 15) is 0 Å². The van der Waals surface area contributed by atoms with Gasteiger partial charge in [-0.25, -0.2) is 4.98 Å². The van der Waals surface area contributed by atoms with E-state index >= 15 is 0 Å². The fourth-order valence-corrected chi connectivity index (χ4v) is 2.38. The number of unbranched alkanes of at least 4 members (excludes halogenated alkanes) is 4. The fraction of sp³-hybridized carbons (Fsp3) is 0.500. The molecule has 1 unspecified atom stereocenters. The number of hydrogen-bond donors (Lipinski definition) is 3. The summed E-state index contributed by atoms with van der Waals surface area (Å²) in [5.74, 6) is 1.48. The predicted octanol–water partition coefficient (Wildman–Crippen LogP) is 3.42. The van der Waals surface area contributed by atoms with Gasteiger partial charge in [-0.05, 0) is 36.2 Å². The van der Waals surface area contributed by atoms with Gasteiger partial charge in [-0.1, -0.05) is 32.6 Å². The Labute approximate surface area is 137 Å². The standard InChI is InChI=1S/C18H27N3O2/c1-2-3-4-5-6-11-23-15-9-7-14(8-10-15)17-12-20-18(21-17)16(19)13-22/h7-10,12,16,22H,2-6,11,13,19H2,1H3,(H,20,21). The van der Waals surface area contributed by atoms with Crippen molar-refractivity contribution in [3.63, 3.8) is 0 Å². The van der Waals surface area contributed by atoms with Crippen LogP contribution in [0, 0.1) is 0 Å². The number of ether oxygens (including phenoxy) is 1. The van der Waals surface area contributed by atoms with Crippen molar-refractivity contribution >= 4 is 0 Å². The van der Waals surface area contributed by atoms with Gasteiger partial charge in [-0.15, -0.1) is 0 Å². The van der Waals surface area contributed by atoms with Crippen LogP contribution in [0.2, 0.25) is 0 Å². The van der Waals surface area contributed by atoms with Gasteiger partial charge in [0.1, 0.15) is 11.6 Å². The molecule has 0 radical (unpaired) electrons. The van der Waals surface area contributed by atoms with E-state index in [0.717, 1.165) is 30.0 Å². The minimum atomic E-state index is -0.473. The lowest BCUT2D eigenvalue weighted by atomic mass is 10.1. The SMILES string of the molecule is CCCCCCCOc1ccc(-c2cnc(C(N)CO)[nH]2)cc1.